The third-order valence-electron chi connectivity index (χ3n) is 4.56. The summed E-state index contributed by atoms with van der Waals surface area (Å²) in [4.78, 5) is 35.7. The van der Waals surface area contributed by atoms with Crippen molar-refractivity contribution in [1.82, 2.24) is 29.8 Å². The maximum atomic E-state index is 13.0. The van der Waals surface area contributed by atoms with Crippen molar-refractivity contribution >= 4 is 29.4 Å². The fourth-order valence-electron chi connectivity index (χ4n) is 3.15. The van der Waals surface area contributed by atoms with Gasteiger partial charge in [-0.3, -0.25) is 9.59 Å². The number of nitrogens with one attached hydrogen (secondary N) is 1. The number of benzene rings is 1. The van der Waals surface area contributed by atoms with Crippen LogP contribution in [0.15, 0.2) is 36.4 Å². The second kappa shape index (κ2) is 7.59. The summed E-state index contributed by atoms with van der Waals surface area (Å²) in [6.07, 6.45) is 0. The lowest BCUT2D eigenvalue weighted by molar-refractivity contribution is -0.124. The van der Waals surface area contributed by atoms with E-state index in [9.17, 15) is 9.59 Å². The lowest BCUT2D eigenvalue weighted by Crippen LogP contribution is -2.47. The van der Waals surface area contributed by atoms with E-state index in [-0.39, 0.29) is 17.6 Å². The molecule has 0 aliphatic carbocycles. The van der Waals surface area contributed by atoms with E-state index in [4.69, 9.17) is 0 Å². The van der Waals surface area contributed by atoms with Gasteiger partial charge in [0, 0.05) is 23.7 Å². The molecule has 1 unspecified atom stereocenters. The Kier molecular flexibility index (Phi) is 4.99. The molecule has 3 heterocycles. The highest BCUT2D eigenvalue weighted by molar-refractivity contribution is 7.99. The molecule has 0 radical (unpaired) electrons. The van der Waals surface area contributed by atoms with E-state index >= 15 is 0 Å². The summed E-state index contributed by atoms with van der Waals surface area (Å²) in [6.45, 7) is 4.18. The molecule has 2 amide bonds. The normalized spacial score (nSPS) is 16.5. The Morgan fingerprint density at radius 2 is 2.00 bits per heavy atom. The molecule has 2 aromatic heterocycles. The molecule has 1 aromatic carbocycles. The Balaban J connectivity index is 1.50. The standard InChI is InChI=1S/C19H20N6O2S/c1-12-8-13(2)25-19(21-12)22-16(23-25)18(27)24-11-28-10-15(24)17(26)20-9-14-6-4-3-5-7-14/h3-8,15H,9-11H2,1-2H3,(H,20,26). The number of amides is 2. The first kappa shape index (κ1) is 18.4. The molecule has 1 N–H and O–H groups in total. The summed E-state index contributed by atoms with van der Waals surface area (Å²) < 4.78 is 1.55. The van der Waals surface area contributed by atoms with Gasteiger partial charge in [0.25, 0.3) is 11.7 Å². The molecule has 4 rings (SSSR count). The largest absolute Gasteiger partial charge is 0.350 e. The number of thioether (sulfide) groups is 1. The molecule has 144 valence electrons. The van der Waals surface area contributed by atoms with Crippen LogP contribution in [-0.4, -0.2) is 54.0 Å². The molecule has 3 aromatic rings. The van der Waals surface area contributed by atoms with Gasteiger partial charge >= 0.3 is 0 Å². The fourth-order valence-corrected chi connectivity index (χ4v) is 4.30. The Bertz CT molecular complexity index is 1040. The average Bonchev–Trinajstić information content (AvgIpc) is 3.33. The minimum atomic E-state index is -0.538. The van der Waals surface area contributed by atoms with Crippen molar-refractivity contribution in [2.45, 2.75) is 26.4 Å². The number of carbonyl (C=O) groups is 2. The van der Waals surface area contributed by atoms with E-state index in [1.807, 2.05) is 50.2 Å². The van der Waals surface area contributed by atoms with Crippen LogP contribution in [-0.2, 0) is 11.3 Å². The van der Waals surface area contributed by atoms with Crippen LogP contribution in [0, 0.1) is 13.8 Å². The van der Waals surface area contributed by atoms with Crippen molar-refractivity contribution in [1.29, 1.82) is 0 Å². The zero-order chi connectivity index (χ0) is 19.7. The van der Waals surface area contributed by atoms with Gasteiger partial charge in [-0.05, 0) is 25.5 Å². The molecule has 0 spiro atoms. The van der Waals surface area contributed by atoms with Crippen molar-refractivity contribution in [3.05, 3.63) is 59.2 Å². The average molecular weight is 396 g/mol. The van der Waals surface area contributed by atoms with Crippen LogP contribution in [0.25, 0.3) is 5.78 Å². The summed E-state index contributed by atoms with van der Waals surface area (Å²) in [5, 5.41) is 7.21. The van der Waals surface area contributed by atoms with Gasteiger partial charge in [0.05, 0.1) is 5.88 Å². The van der Waals surface area contributed by atoms with Gasteiger partial charge < -0.3 is 10.2 Å². The van der Waals surface area contributed by atoms with Gasteiger partial charge in [-0.1, -0.05) is 30.3 Å². The van der Waals surface area contributed by atoms with Crippen LogP contribution in [0.3, 0.4) is 0 Å². The zero-order valence-electron chi connectivity index (χ0n) is 15.6. The first-order chi connectivity index (χ1) is 13.5. The lowest BCUT2D eigenvalue weighted by Gasteiger charge is -2.21. The molecule has 1 saturated heterocycles. The monoisotopic (exact) mass is 396 g/mol. The Labute approximate surface area is 166 Å². The van der Waals surface area contributed by atoms with Crippen molar-refractivity contribution in [2.75, 3.05) is 11.6 Å². The molecule has 0 bridgehead atoms. The van der Waals surface area contributed by atoms with Crippen molar-refractivity contribution in [3.63, 3.8) is 0 Å². The molecule has 1 aliphatic heterocycles. The first-order valence-electron chi connectivity index (χ1n) is 8.94. The number of nitrogens with zero attached hydrogens (tertiary/aromatic N) is 5. The lowest BCUT2D eigenvalue weighted by atomic mass is 10.2. The SMILES string of the molecule is Cc1cc(C)n2nc(C(=O)N3CSCC3C(=O)NCc3ccccc3)nc2n1. The highest BCUT2D eigenvalue weighted by Crippen LogP contribution is 2.23. The number of aromatic nitrogens is 4. The van der Waals surface area contributed by atoms with Gasteiger partial charge in [-0.2, -0.15) is 4.98 Å². The maximum Gasteiger partial charge on any atom is 0.295 e. The van der Waals surface area contributed by atoms with Gasteiger partial charge in [-0.25, -0.2) is 9.50 Å². The predicted molar refractivity (Wildman–Crippen MR) is 106 cm³/mol. The number of hydrogen-bond acceptors (Lipinski definition) is 6. The second-order valence-corrected chi connectivity index (χ2v) is 7.68. The van der Waals surface area contributed by atoms with Crippen molar-refractivity contribution in [3.8, 4) is 0 Å². The highest BCUT2D eigenvalue weighted by atomic mass is 32.2. The highest BCUT2D eigenvalue weighted by Gasteiger charge is 2.36. The number of hydrogen-bond donors (Lipinski definition) is 1. The molecule has 1 fully saturated rings. The smallest absolute Gasteiger partial charge is 0.295 e. The summed E-state index contributed by atoms with van der Waals surface area (Å²) >= 11 is 1.54. The van der Waals surface area contributed by atoms with Crippen LogP contribution in [0.1, 0.15) is 27.6 Å². The molecular formula is C19H20N6O2S. The number of fused-ring (bicyclic) bond motifs is 1. The van der Waals surface area contributed by atoms with Gasteiger partial charge in [0.15, 0.2) is 0 Å². The van der Waals surface area contributed by atoms with Gasteiger partial charge in [-0.15, -0.1) is 16.9 Å². The summed E-state index contributed by atoms with van der Waals surface area (Å²) in [7, 11) is 0. The summed E-state index contributed by atoms with van der Waals surface area (Å²) in [5.41, 5.74) is 2.67. The van der Waals surface area contributed by atoms with E-state index in [0.717, 1.165) is 17.0 Å². The minimum absolute atomic E-state index is 0.0598. The molecular weight excluding hydrogens is 376 g/mol. The Hall–Kier alpha value is -2.94. The second-order valence-electron chi connectivity index (χ2n) is 6.68. The first-order valence-corrected chi connectivity index (χ1v) is 10.1. The maximum absolute atomic E-state index is 13.0. The molecule has 9 heteroatoms. The quantitative estimate of drug-likeness (QED) is 0.720. The Morgan fingerprint density at radius 1 is 1.21 bits per heavy atom. The van der Waals surface area contributed by atoms with Crippen LogP contribution >= 0.6 is 11.8 Å². The summed E-state index contributed by atoms with van der Waals surface area (Å²) in [5.74, 6) is 0.908. The van der Waals surface area contributed by atoms with E-state index in [2.05, 4.69) is 20.4 Å². The third kappa shape index (κ3) is 3.57. The molecule has 0 saturated carbocycles. The predicted octanol–water partition coefficient (Wildman–Crippen LogP) is 1.57. The van der Waals surface area contributed by atoms with E-state index in [1.54, 1.807) is 16.3 Å². The van der Waals surface area contributed by atoms with E-state index < -0.39 is 6.04 Å². The van der Waals surface area contributed by atoms with E-state index in [1.165, 1.54) is 4.90 Å². The zero-order valence-corrected chi connectivity index (χ0v) is 16.4. The van der Waals surface area contributed by atoms with Crippen molar-refractivity contribution in [2.24, 2.45) is 0 Å². The van der Waals surface area contributed by atoms with Crippen LogP contribution in [0.5, 0.6) is 0 Å². The Morgan fingerprint density at radius 3 is 2.79 bits per heavy atom. The van der Waals surface area contributed by atoms with Gasteiger partial charge in [0.1, 0.15) is 6.04 Å². The van der Waals surface area contributed by atoms with E-state index in [0.29, 0.717) is 24.0 Å². The molecule has 28 heavy (non-hydrogen) atoms. The van der Waals surface area contributed by atoms with Crippen LogP contribution < -0.4 is 5.32 Å². The van der Waals surface area contributed by atoms with Crippen molar-refractivity contribution < 1.29 is 9.59 Å². The topological polar surface area (TPSA) is 92.5 Å². The van der Waals surface area contributed by atoms with Crippen LogP contribution in [0.2, 0.25) is 0 Å². The number of aryl methyl sites for hydroxylation is 2. The number of rotatable bonds is 4. The molecule has 8 nitrogen and oxygen atoms in total. The third-order valence-corrected chi connectivity index (χ3v) is 5.58. The molecule has 1 aliphatic rings. The fraction of sp³-hybridized carbons (Fsp3) is 0.316. The number of carbonyl (C=O) groups excluding carboxylic acids is 2. The summed E-state index contributed by atoms with van der Waals surface area (Å²) in [6, 6.07) is 11.0. The van der Waals surface area contributed by atoms with Crippen LogP contribution in [0.4, 0.5) is 0 Å². The van der Waals surface area contributed by atoms with Gasteiger partial charge in [0.2, 0.25) is 11.7 Å². The minimum Gasteiger partial charge on any atom is -0.350 e. The molecule has 1 atom stereocenters.